The van der Waals surface area contributed by atoms with Crippen LogP contribution in [0.1, 0.15) is 23.8 Å². The van der Waals surface area contributed by atoms with Crippen LogP contribution in [0.2, 0.25) is 0 Å². The first-order valence-corrected chi connectivity index (χ1v) is 9.58. The van der Waals surface area contributed by atoms with Crippen molar-refractivity contribution in [3.8, 4) is 0 Å². The van der Waals surface area contributed by atoms with E-state index in [4.69, 9.17) is 4.74 Å². The molecule has 1 aromatic heterocycles. The molecule has 0 aromatic carbocycles. The van der Waals surface area contributed by atoms with Gasteiger partial charge < -0.3 is 10.1 Å². The Morgan fingerprint density at radius 1 is 1.52 bits per heavy atom. The summed E-state index contributed by atoms with van der Waals surface area (Å²) in [6.45, 7) is 5.62. The molecule has 8 heteroatoms. The highest BCUT2D eigenvalue weighted by Gasteiger charge is 2.21. The van der Waals surface area contributed by atoms with Crippen LogP contribution in [0.15, 0.2) is 23.2 Å². The maximum atomic E-state index is 12.2. The number of rotatable bonds is 6. The van der Waals surface area contributed by atoms with Crippen molar-refractivity contribution in [1.29, 1.82) is 0 Å². The average Bonchev–Trinajstić information content (AvgIpc) is 2.54. The molecule has 1 unspecified atom stereocenters. The molecule has 0 radical (unpaired) electrons. The summed E-state index contributed by atoms with van der Waals surface area (Å²) in [4.78, 5) is 18.3. The summed E-state index contributed by atoms with van der Waals surface area (Å²) >= 11 is 0. The van der Waals surface area contributed by atoms with Gasteiger partial charge in [-0.25, -0.2) is 13.4 Å². The van der Waals surface area contributed by atoms with Gasteiger partial charge in [-0.3, -0.25) is 9.69 Å². The summed E-state index contributed by atoms with van der Waals surface area (Å²) in [6, 6.07) is 2.90. The molecular weight excluding hydrogens is 318 g/mol. The van der Waals surface area contributed by atoms with Gasteiger partial charge in [-0.15, -0.1) is 0 Å². The Balaban J connectivity index is 1.91. The third-order valence-electron chi connectivity index (χ3n) is 3.78. The van der Waals surface area contributed by atoms with Gasteiger partial charge in [0.2, 0.25) is 0 Å². The summed E-state index contributed by atoms with van der Waals surface area (Å²) < 4.78 is 29.0. The van der Waals surface area contributed by atoms with Crippen molar-refractivity contribution < 1.29 is 17.9 Å². The number of morpholine rings is 1. The van der Waals surface area contributed by atoms with Crippen molar-refractivity contribution in [2.75, 3.05) is 39.0 Å². The zero-order valence-electron chi connectivity index (χ0n) is 13.5. The Hall–Kier alpha value is -1.51. The lowest BCUT2D eigenvalue weighted by Crippen LogP contribution is -2.45. The van der Waals surface area contributed by atoms with Gasteiger partial charge in [0.25, 0.3) is 5.91 Å². The van der Waals surface area contributed by atoms with Gasteiger partial charge in [0.1, 0.15) is 5.69 Å². The molecule has 0 bridgehead atoms. The van der Waals surface area contributed by atoms with Gasteiger partial charge in [-0.1, -0.05) is 6.92 Å². The zero-order chi connectivity index (χ0) is 16.9. The molecule has 1 aliphatic heterocycles. The van der Waals surface area contributed by atoms with Gasteiger partial charge in [0.05, 0.1) is 17.6 Å². The van der Waals surface area contributed by atoms with Gasteiger partial charge in [-0.2, -0.15) is 0 Å². The Labute approximate surface area is 137 Å². The normalized spacial score (nSPS) is 19.5. The van der Waals surface area contributed by atoms with Crippen molar-refractivity contribution in [2.45, 2.75) is 24.3 Å². The highest BCUT2D eigenvalue weighted by molar-refractivity contribution is 7.90. The number of carbonyl (C=O) groups excluding carboxylic acids is 1. The molecule has 128 valence electrons. The number of nitrogens with one attached hydrogen (secondary N) is 1. The minimum absolute atomic E-state index is 0.0464. The fourth-order valence-corrected chi connectivity index (χ4v) is 3.32. The Morgan fingerprint density at radius 3 is 3.00 bits per heavy atom. The van der Waals surface area contributed by atoms with Gasteiger partial charge in [0.15, 0.2) is 9.84 Å². The van der Waals surface area contributed by atoms with Crippen LogP contribution < -0.4 is 5.32 Å². The number of hydrogen-bond donors (Lipinski definition) is 1. The second-order valence-electron chi connectivity index (χ2n) is 5.58. The van der Waals surface area contributed by atoms with Crippen LogP contribution in [-0.2, 0) is 14.6 Å². The highest BCUT2D eigenvalue weighted by atomic mass is 32.2. The van der Waals surface area contributed by atoms with Crippen molar-refractivity contribution in [3.63, 3.8) is 0 Å². The minimum atomic E-state index is -3.48. The van der Waals surface area contributed by atoms with E-state index in [0.717, 1.165) is 25.8 Å². The largest absolute Gasteiger partial charge is 0.376 e. The van der Waals surface area contributed by atoms with Crippen molar-refractivity contribution in [2.24, 2.45) is 0 Å². The number of hydrogen-bond acceptors (Lipinski definition) is 6. The molecule has 1 aliphatic rings. The third kappa shape index (κ3) is 4.98. The standard InChI is InChI=1S/C15H23N3O4S/c1-3-12-11-18(9-10-22-12)8-7-17-15(19)14-13(23(2,20)21)5-4-6-16-14/h4-6,12H,3,7-11H2,1-2H3,(H,17,19). The molecule has 2 rings (SSSR count). The Bertz CT molecular complexity index is 648. The van der Waals surface area contributed by atoms with E-state index in [2.05, 4.69) is 22.1 Å². The van der Waals surface area contributed by atoms with E-state index >= 15 is 0 Å². The molecular formula is C15H23N3O4S. The summed E-state index contributed by atoms with van der Waals surface area (Å²) in [5.41, 5.74) is -0.0524. The van der Waals surface area contributed by atoms with Crippen LogP contribution in [0.25, 0.3) is 0 Å². The predicted octanol–water partition coefficient (Wildman–Crippen LogP) is 0.326. The molecule has 0 saturated carbocycles. The maximum absolute atomic E-state index is 12.2. The molecule has 0 spiro atoms. The van der Waals surface area contributed by atoms with Crippen LogP contribution in [0, 0.1) is 0 Å². The van der Waals surface area contributed by atoms with E-state index in [1.165, 1.54) is 18.3 Å². The number of pyridine rings is 1. The predicted molar refractivity (Wildman–Crippen MR) is 86.2 cm³/mol. The highest BCUT2D eigenvalue weighted by Crippen LogP contribution is 2.12. The van der Waals surface area contributed by atoms with Crippen LogP contribution in [0.5, 0.6) is 0 Å². The Kier molecular flexibility index (Phi) is 6.09. The molecule has 0 aliphatic carbocycles. The number of aromatic nitrogens is 1. The molecule has 23 heavy (non-hydrogen) atoms. The fourth-order valence-electron chi connectivity index (χ4n) is 2.50. The number of ether oxygens (including phenoxy) is 1. The second-order valence-corrected chi connectivity index (χ2v) is 7.56. The maximum Gasteiger partial charge on any atom is 0.271 e. The van der Waals surface area contributed by atoms with Crippen LogP contribution in [0.3, 0.4) is 0 Å². The first kappa shape index (κ1) is 17.8. The van der Waals surface area contributed by atoms with Crippen molar-refractivity contribution in [1.82, 2.24) is 15.2 Å². The van der Waals surface area contributed by atoms with Crippen molar-refractivity contribution in [3.05, 3.63) is 24.0 Å². The van der Waals surface area contributed by atoms with E-state index < -0.39 is 15.7 Å². The molecule has 1 aromatic rings. The zero-order valence-corrected chi connectivity index (χ0v) is 14.3. The molecule has 1 atom stereocenters. The fraction of sp³-hybridized carbons (Fsp3) is 0.600. The minimum Gasteiger partial charge on any atom is -0.376 e. The molecule has 1 N–H and O–H groups in total. The first-order valence-electron chi connectivity index (χ1n) is 7.69. The molecule has 1 saturated heterocycles. The topological polar surface area (TPSA) is 88.6 Å². The number of carbonyl (C=O) groups is 1. The van der Waals surface area contributed by atoms with Crippen LogP contribution in [-0.4, -0.2) is 69.4 Å². The SMILES string of the molecule is CCC1CN(CCNC(=O)c2ncccc2S(C)(=O)=O)CCO1. The van der Waals surface area contributed by atoms with Crippen LogP contribution in [0.4, 0.5) is 0 Å². The van der Waals surface area contributed by atoms with Crippen molar-refractivity contribution >= 4 is 15.7 Å². The van der Waals surface area contributed by atoms with E-state index in [9.17, 15) is 13.2 Å². The lowest BCUT2D eigenvalue weighted by molar-refractivity contribution is -0.0289. The van der Waals surface area contributed by atoms with E-state index in [0.29, 0.717) is 19.7 Å². The van der Waals surface area contributed by atoms with Gasteiger partial charge in [0, 0.05) is 38.6 Å². The number of sulfone groups is 1. The van der Waals surface area contributed by atoms with Gasteiger partial charge >= 0.3 is 0 Å². The van der Waals surface area contributed by atoms with Crippen LogP contribution >= 0.6 is 0 Å². The third-order valence-corrected chi connectivity index (χ3v) is 4.91. The molecule has 1 amide bonds. The first-order chi connectivity index (χ1) is 10.9. The van der Waals surface area contributed by atoms with E-state index in [1.807, 2.05) is 0 Å². The monoisotopic (exact) mass is 341 g/mol. The summed E-state index contributed by atoms with van der Waals surface area (Å²) in [5, 5.41) is 2.74. The lowest BCUT2D eigenvalue weighted by atomic mass is 10.2. The summed E-state index contributed by atoms with van der Waals surface area (Å²) in [7, 11) is -3.48. The lowest BCUT2D eigenvalue weighted by Gasteiger charge is -2.32. The number of nitrogens with zero attached hydrogens (tertiary/aromatic N) is 2. The number of amides is 1. The van der Waals surface area contributed by atoms with Gasteiger partial charge in [-0.05, 0) is 18.6 Å². The van der Waals surface area contributed by atoms with E-state index in [-0.39, 0.29) is 16.7 Å². The molecule has 7 nitrogen and oxygen atoms in total. The quantitative estimate of drug-likeness (QED) is 0.802. The summed E-state index contributed by atoms with van der Waals surface area (Å²) in [5.74, 6) is -0.466. The average molecular weight is 341 g/mol. The molecule has 2 heterocycles. The molecule has 1 fully saturated rings. The van der Waals surface area contributed by atoms with E-state index in [1.54, 1.807) is 0 Å². The summed E-state index contributed by atoms with van der Waals surface area (Å²) in [6.07, 6.45) is 3.69. The second kappa shape index (κ2) is 7.85. The smallest absolute Gasteiger partial charge is 0.271 e. The Morgan fingerprint density at radius 2 is 2.30 bits per heavy atom.